The number of pyridine rings is 1. The number of hydrogen-bond donors (Lipinski definition) is 3. The number of aldehydes is 1. The van der Waals surface area contributed by atoms with Gasteiger partial charge in [-0.2, -0.15) is 5.10 Å². The second-order valence-electron chi connectivity index (χ2n) is 14.3. The second-order valence-corrected chi connectivity index (χ2v) is 14.3. The number of imide groups is 1. The van der Waals surface area contributed by atoms with Crippen molar-refractivity contribution in [3.8, 4) is 16.9 Å². The Morgan fingerprint density at radius 1 is 1.04 bits per heavy atom. The molecule has 3 aliphatic heterocycles. The number of aryl methyl sites for hydroxylation is 1. The minimum absolute atomic E-state index is 0.207. The molecule has 0 spiro atoms. The number of carbonyl (C=O) groups excluding carboxylic acids is 3. The lowest BCUT2D eigenvalue weighted by atomic mass is 9.78. The molecule has 3 aliphatic rings. The first-order chi connectivity index (χ1) is 24.6. The summed E-state index contributed by atoms with van der Waals surface area (Å²) in [6.45, 7) is 4.27. The van der Waals surface area contributed by atoms with Crippen molar-refractivity contribution in [3.05, 3.63) is 76.1 Å². The van der Waals surface area contributed by atoms with Crippen LogP contribution in [-0.2, 0) is 28.0 Å². The van der Waals surface area contributed by atoms with E-state index < -0.39 is 11.5 Å². The van der Waals surface area contributed by atoms with Crippen molar-refractivity contribution in [1.82, 2.24) is 29.9 Å². The number of aromatic nitrogens is 3. The fourth-order valence-corrected chi connectivity index (χ4v) is 7.93. The highest BCUT2D eigenvalue weighted by atomic mass is 19.1. The zero-order valence-electron chi connectivity index (χ0n) is 29.0. The predicted molar refractivity (Wildman–Crippen MR) is 191 cm³/mol. The summed E-state index contributed by atoms with van der Waals surface area (Å²) in [5, 5.41) is 13.0. The maximum absolute atomic E-state index is 15.8. The van der Waals surface area contributed by atoms with Crippen LogP contribution < -0.4 is 20.9 Å². The highest BCUT2D eigenvalue weighted by Crippen LogP contribution is 2.37. The number of carbonyl (C=O) groups is 3. The van der Waals surface area contributed by atoms with Crippen LogP contribution in [0, 0.1) is 11.2 Å². The number of aromatic amines is 1. The zero-order valence-corrected chi connectivity index (χ0v) is 29.0. The van der Waals surface area contributed by atoms with Gasteiger partial charge in [-0.15, -0.1) is 0 Å². The van der Waals surface area contributed by atoms with Crippen molar-refractivity contribution in [1.29, 1.82) is 0 Å². The Hall–Kier alpha value is -4.88. The van der Waals surface area contributed by atoms with Gasteiger partial charge in [0, 0.05) is 60.4 Å². The standard InChI is InChI=1S/C38H44FN7O5/c1-44-20-29(28-19-40-43-35(28)37(44)50)26-17-31(39)30(33(18-26)51-2)21-45-15-11-38(23-47,12-16-45)22-46-13-9-25(10-14-46)24-3-5-27(6-4-24)41-32-7-8-34(48)42-36(32)49/h3-6,17-20,23,25,32,41H,7-16,21-22H2,1-2H3,(H,40,43)(H,42,48,49). The summed E-state index contributed by atoms with van der Waals surface area (Å²) in [4.78, 5) is 53.2. The summed E-state index contributed by atoms with van der Waals surface area (Å²) in [7, 11) is 3.18. The Morgan fingerprint density at radius 2 is 1.78 bits per heavy atom. The van der Waals surface area contributed by atoms with E-state index in [1.165, 1.54) is 23.3 Å². The molecule has 13 heteroatoms. The summed E-state index contributed by atoms with van der Waals surface area (Å²) < 4.78 is 22.9. The number of fused-ring (bicyclic) bond motifs is 1. The van der Waals surface area contributed by atoms with Gasteiger partial charge in [0.05, 0.1) is 13.3 Å². The number of halogens is 1. The monoisotopic (exact) mass is 697 g/mol. The van der Waals surface area contributed by atoms with Gasteiger partial charge in [0.1, 0.15) is 29.4 Å². The van der Waals surface area contributed by atoms with Gasteiger partial charge in [-0.1, -0.05) is 12.1 Å². The van der Waals surface area contributed by atoms with Gasteiger partial charge >= 0.3 is 0 Å². The predicted octanol–water partition coefficient (Wildman–Crippen LogP) is 3.95. The van der Waals surface area contributed by atoms with E-state index in [4.69, 9.17) is 4.74 Å². The minimum Gasteiger partial charge on any atom is -0.496 e. The van der Waals surface area contributed by atoms with Gasteiger partial charge in [-0.05, 0) is 99.6 Å². The fraction of sp³-hybridized carbons (Fsp3) is 0.447. The normalized spacial score (nSPS) is 20.3. The number of benzene rings is 2. The molecule has 2 aromatic carbocycles. The van der Waals surface area contributed by atoms with Crippen molar-refractivity contribution < 1.29 is 23.5 Å². The number of ether oxygens (including phenoxy) is 1. The summed E-state index contributed by atoms with van der Waals surface area (Å²) in [5.74, 6) is -0.0254. The number of amides is 2. The van der Waals surface area contributed by atoms with Crippen LogP contribution in [0.25, 0.3) is 22.0 Å². The number of nitrogens with zero attached hydrogens (tertiary/aromatic N) is 4. The largest absolute Gasteiger partial charge is 0.496 e. The third-order valence-electron chi connectivity index (χ3n) is 11.0. The quantitative estimate of drug-likeness (QED) is 0.166. The number of nitrogens with one attached hydrogen (secondary N) is 3. The maximum atomic E-state index is 15.8. The third-order valence-corrected chi connectivity index (χ3v) is 11.0. The van der Waals surface area contributed by atoms with E-state index in [1.807, 2.05) is 12.1 Å². The van der Waals surface area contributed by atoms with E-state index in [-0.39, 0.29) is 23.2 Å². The van der Waals surface area contributed by atoms with E-state index in [1.54, 1.807) is 25.5 Å². The average Bonchev–Trinajstić information content (AvgIpc) is 3.64. The minimum atomic E-state index is -0.432. The van der Waals surface area contributed by atoms with Crippen molar-refractivity contribution >= 4 is 34.7 Å². The molecule has 1 atom stereocenters. The molecule has 3 N–H and O–H groups in total. The van der Waals surface area contributed by atoms with E-state index in [2.05, 4.69) is 42.8 Å². The molecule has 2 amide bonds. The molecule has 3 saturated heterocycles. The van der Waals surface area contributed by atoms with Crippen LogP contribution in [0.2, 0.25) is 0 Å². The van der Waals surface area contributed by atoms with E-state index in [9.17, 15) is 19.2 Å². The molecule has 0 aliphatic carbocycles. The SMILES string of the molecule is COc1cc(-c2cn(C)c(=O)c3[nH]ncc23)cc(F)c1CN1CCC(C=O)(CN2CCC(c3ccc(NC4CCC(=O)NC4=O)cc3)CC2)CC1. The molecular formula is C38H44FN7O5. The number of likely N-dealkylation sites (tertiary alicyclic amines) is 2. The van der Waals surface area contributed by atoms with Gasteiger partial charge in [0.15, 0.2) is 0 Å². The van der Waals surface area contributed by atoms with Crippen LogP contribution in [-0.4, -0.2) is 88.5 Å². The van der Waals surface area contributed by atoms with Crippen LogP contribution in [0.15, 0.2) is 53.6 Å². The lowest BCUT2D eigenvalue weighted by Crippen LogP contribution is -2.48. The molecule has 4 aromatic rings. The van der Waals surface area contributed by atoms with Crippen LogP contribution in [0.1, 0.15) is 55.6 Å². The second kappa shape index (κ2) is 14.4. The van der Waals surface area contributed by atoms with Gasteiger partial charge in [-0.3, -0.25) is 29.7 Å². The molecule has 1 unspecified atom stereocenters. The van der Waals surface area contributed by atoms with Crippen LogP contribution in [0.4, 0.5) is 10.1 Å². The lowest BCUT2D eigenvalue weighted by Gasteiger charge is -2.43. The maximum Gasteiger partial charge on any atom is 0.276 e. The van der Waals surface area contributed by atoms with E-state index in [0.29, 0.717) is 84.6 Å². The molecule has 3 fully saturated rings. The Bertz CT molecular complexity index is 1990. The number of rotatable bonds is 10. The number of hydrogen-bond acceptors (Lipinski definition) is 9. The Morgan fingerprint density at radius 3 is 2.47 bits per heavy atom. The van der Waals surface area contributed by atoms with Gasteiger partial charge in [0.25, 0.3) is 5.56 Å². The average molecular weight is 698 g/mol. The van der Waals surface area contributed by atoms with Crippen molar-refractivity contribution in [2.24, 2.45) is 12.5 Å². The van der Waals surface area contributed by atoms with E-state index >= 15 is 4.39 Å². The molecule has 7 rings (SSSR count). The van der Waals surface area contributed by atoms with E-state index in [0.717, 1.165) is 44.4 Å². The first kappa shape index (κ1) is 34.6. The van der Waals surface area contributed by atoms with Gasteiger partial charge < -0.3 is 24.3 Å². The summed E-state index contributed by atoms with van der Waals surface area (Å²) in [6, 6.07) is 11.1. The third kappa shape index (κ3) is 7.18. The highest BCUT2D eigenvalue weighted by molar-refractivity contribution is 6.01. The molecule has 2 aromatic heterocycles. The number of anilines is 1. The van der Waals surface area contributed by atoms with Crippen molar-refractivity contribution in [3.63, 3.8) is 0 Å². The van der Waals surface area contributed by atoms with Crippen LogP contribution in [0.5, 0.6) is 5.75 Å². The number of methoxy groups -OCH3 is 1. The molecule has 12 nitrogen and oxygen atoms in total. The lowest BCUT2D eigenvalue weighted by molar-refractivity contribution is -0.133. The number of piperidine rings is 3. The Balaban J connectivity index is 0.932. The van der Waals surface area contributed by atoms with Crippen LogP contribution >= 0.6 is 0 Å². The van der Waals surface area contributed by atoms with Crippen molar-refractivity contribution in [2.45, 2.75) is 57.0 Å². The van der Waals surface area contributed by atoms with Crippen molar-refractivity contribution in [2.75, 3.05) is 45.2 Å². The van der Waals surface area contributed by atoms with Gasteiger partial charge in [-0.25, -0.2) is 4.39 Å². The summed E-state index contributed by atoms with van der Waals surface area (Å²) in [6.07, 6.45) is 8.64. The first-order valence-electron chi connectivity index (χ1n) is 17.7. The smallest absolute Gasteiger partial charge is 0.276 e. The summed E-state index contributed by atoms with van der Waals surface area (Å²) in [5.41, 5.74) is 3.59. The fourth-order valence-electron chi connectivity index (χ4n) is 7.93. The Kier molecular flexibility index (Phi) is 9.75. The summed E-state index contributed by atoms with van der Waals surface area (Å²) >= 11 is 0. The number of H-pyrrole nitrogens is 1. The molecule has 0 saturated carbocycles. The molecule has 0 radical (unpaired) electrons. The first-order valence-corrected chi connectivity index (χ1v) is 17.7. The Labute approximate surface area is 295 Å². The molecule has 0 bridgehead atoms. The topological polar surface area (TPSA) is 142 Å². The highest BCUT2D eigenvalue weighted by Gasteiger charge is 2.37. The molecule has 51 heavy (non-hydrogen) atoms. The molecule has 5 heterocycles. The van der Waals surface area contributed by atoms with Crippen LogP contribution in [0.3, 0.4) is 0 Å². The van der Waals surface area contributed by atoms with Gasteiger partial charge in [0.2, 0.25) is 11.8 Å². The zero-order chi connectivity index (χ0) is 35.7. The molecular weight excluding hydrogens is 653 g/mol. The molecule has 268 valence electrons.